The third kappa shape index (κ3) is 6.35. The highest BCUT2D eigenvalue weighted by atomic mass is 19.3. The molecule has 1 aromatic rings. The Morgan fingerprint density at radius 3 is 2.59 bits per heavy atom. The summed E-state index contributed by atoms with van der Waals surface area (Å²) in [5.41, 5.74) is 0.541. The van der Waals surface area contributed by atoms with Crippen molar-refractivity contribution in [3.05, 3.63) is 17.7 Å². The fraction of sp³-hybridized carbons (Fsp3) is 0.650. The molecule has 0 radical (unpaired) electrons. The highest BCUT2D eigenvalue weighted by Crippen LogP contribution is 2.38. The number of aliphatic imine (C=N–C) groups is 1. The lowest BCUT2D eigenvalue weighted by atomic mass is 10.1. The number of nitrogens with zero attached hydrogens (tertiary/aromatic N) is 2. The predicted molar refractivity (Wildman–Crippen MR) is 107 cm³/mol. The SMILES string of the molecule is CN=C(NCc1cc2c(cc1OC(F)F)OCO2)NCC(C)CN1CCCCC1. The fourth-order valence-corrected chi connectivity index (χ4v) is 3.63. The Bertz CT molecular complexity index is 697. The van der Waals surface area contributed by atoms with Gasteiger partial charge >= 0.3 is 6.61 Å². The molecule has 9 heteroatoms. The first kappa shape index (κ1) is 21.4. The number of guanidine groups is 1. The minimum Gasteiger partial charge on any atom is -0.454 e. The number of nitrogens with one attached hydrogen (secondary N) is 2. The lowest BCUT2D eigenvalue weighted by Gasteiger charge is -2.29. The first-order valence-electron chi connectivity index (χ1n) is 10.1. The zero-order valence-electron chi connectivity index (χ0n) is 17.0. The molecule has 162 valence electrons. The van der Waals surface area contributed by atoms with Gasteiger partial charge in [-0.1, -0.05) is 13.3 Å². The third-order valence-electron chi connectivity index (χ3n) is 5.08. The molecular formula is C20H30F2N4O3. The van der Waals surface area contributed by atoms with E-state index in [1.165, 1.54) is 38.4 Å². The fourth-order valence-electron chi connectivity index (χ4n) is 3.63. The van der Waals surface area contributed by atoms with Gasteiger partial charge in [-0.25, -0.2) is 0 Å². The van der Waals surface area contributed by atoms with Gasteiger partial charge in [0.25, 0.3) is 0 Å². The maximum Gasteiger partial charge on any atom is 0.387 e. The first-order chi connectivity index (χ1) is 14.0. The normalized spacial score (nSPS) is 18.0. The molecule has 2 heterocycles. The first-order valence-corrected chi connectivity index (χ1v) is 10.1. The van der Waals surface area contributed by atoms with Crippen LogP contribution in [0.5, 0.6) is 17.2 Å². The summed E-state index contributed by atoms with van der Waals surface area (Å²) >= 11 is 0. The van der Waals surface area contributed by atoms with E-state index in [9.17, 15) is 8.78 Å². The highest BCUT2D eigenvalue weighted by molar-refractivity contribution is 5.79. The average Bonchev–Trinajstić information content (AvgIpc) is 3.15. The summed E-state index contributed by atoms with van der Waals surface area (Å²) in [6.07, 6.45) is 3.89. The van der Waals surface area contributed by atoms with E-state index in [1.807, 2.05) is 0 Å². The monoisotopic (exact) mass is 412 g/mol. The van der Waals surface area contributed by atoms with Crippen molar-refractivity contribution in [2.75, 3.05) is 40.0 Å². The van der Waals surface area contributed by atoms with Gasteiger partial charge in [0.05, 0.1) is 0 Å². The summed E-state index contributed by atoms with van der Waals surface area (Å²) in [6.45, 7) is 3.81. The maximum absolute atomic E-state index is 12.8. The largest absolute Gasteiger partial charge is 0.454 e. The van der Waals surface area contributed by atoms with Crippen LogP contribution in [0.15, 0.2) is 17.1 Å². The number of hydrogen-bond donors (Lipinski definition) is 2. The minimum absolute atomic E-state index is 0.0608. The molecule has 1 fully saturated rings. The van der Waals surface area contributed by atoms with E-state index in [4.69, 9.17) is 9.47 Å². The maximum atomic E-state index is 12.8. The Morgan fingerprint density at radius 1 is 1.17 bits per heavy atom. The number of halogens is 2. The van der Waals surface area contributed by atoms with Crippen molar-refractivity contribution in [1.82, 2.24) is 15.5 Å². The number of piperidine rings is 1. The van der Waals surface area contributed by atoms with Gasteiger partial charge in [0.15, 0.2) is 17.5 Å². The lowest BCUT2D eigenvalue weighted by molar-refractivity contribution is -0.0505. The van der Waals surface area contributed by atoms with Crippen molar-refractivity contribution in [3.63, 3.8) is 0 Å². The van der Waals surface area contributed by atoms with Gasteiger partial charge in [0, 0.05) is 38.3 Å². The number of likely N-dealkylation sites (tertiary alicyclic amines) is 1. The van der Waals surface area contributed by atoms with Crippen LogP contribution in [0, 0.1) is 5.92 Å². The average molecular weight is 412 g/mol. The van der Waals surface area contributed by atoms with Crippen LogP contribution in [0.3, 0.4) is 0 Å². The van der Waals surface area contributed by atoms with Crippen LogP contribution in [-0.4, -0.2) is 57.5 Å². The smallest absolute Gasteiger partial charge is 0.387 e. The van der Waals surface area contributed by atoms with E-state index in [-0.39, 0.29) is 19.1 Å². The Morgan fingerprint density at radius 2 is 1.90 bits per heavy atom. The second-order valence-electron chi connectivity index (χ2n) is 7.46. The summed E-state index contributed by atoms with van der Waals surface area (Å²) in [6, 6.07) is 3.09. The van der Waals surface area contributed by atoms with Gasteiger partial charge in [-0.05, 0) is 37.9 Å². The summed E-state index contributed by atoms with van der Waals surface area (Å²) in [4.78, 5) is 6.73. The Kier molecular flexibility index (Phi) is 7.74. The number of fused-ring (bicyclic) bond motifs is 1. The van der Waals surface area contributed by atoms with Crippen LogP contribution >= 0.6 is 0 Å². The molecule has 2 N–H and O–H groups in total. The van der Waals surface area contributed by atoms with E-state index in [0.29, 0.717) is 28.9 Å². The van der Waals surface area contributed by atoms with Crippen LogP contribution < -0.4 is 24.8 Å². The van der Waals surface area contributed by atoms with Gasteiger partial charge in [-0.3, -0.25) is 4.99 Å². The number of benzene rings is 1. The third-order valence-corrected chi connectivity index (χ3v) is 5.08. The molecule has 0 bridgehead atoms. The van der Waals surface area contributed by atoms with Crippen molar-refractivity contribution < 1.29 is 23.0 Å². The lowest BCUT2D eigenvalue weighted by Crippen LogP contribution is -2.42. The van der Waals surface area contributed by atoms with Crippen molar-refractivity contribution in [1.29, 1.82) is 0 Å². The second kappa shape index (κ2) is 10.5. The molecule has 0 amide bonds. The van der Waals surface area contributed by atoms with Crippen LogP contribution in [0.2, 0.25) is 0 Å². The molecule has 1 aromatic carbocycles. The van der Waals surface area contributed by atoms with Crippen LogP contribution in [0.25, 0.3) is 0 Å². The van der Waals surface area contributed by atoms with Gasteiger partial charge in [0.2, 0.25) is 6.79 Å². The van der Waals surface area contributed by atoms with Crippen molar-refractivity contribution in [2.24, 2.45) is 10.9 Å². The van der Waals surface area contributed by atoms with Crippen LogP contribution in [0.1, 0.15) is 31.7 Å². The second-order valence-corrected chi connectivity index (χ2v) is 7.46. The molecule has 2 aliphatic heterocycles. The summed E-state index contributed by atoms with van der Waals surface area (Å²) in [5.74, 6) is 2.05. The van der Waals surface area contributed by atoms with E-state index >= 15 is 0 Å². The van der Waals surface area contributed by atoms with Crippen molar-refractivity contribution in [3.8, 4) is 17.2 Å². The Balaban J connectivity index is 1.52. The van der Waals surface area contributed by atoms with Crippen LogP contribution in [-0.2, 0) is 6.54 Å². The molecule has 3 rings (SSSR count). The van der Waals surface area contributed by atoms with E-state index in [2.05, 4.69) is 32.2 Å². The summed E-state index contributed by atoms with van der Waals surface area (Å²) in [5, 5.41) is 6.46. The molecule has 0 saturated carbocycles. The molecule has 0 aliphatic carbocycles. The zero-order valence-corrected chi connectivity index (χ0v) is 17.0. The number of ether oxygens (including phenoxy) is 3. The summed E-state index contributed by atoms with van der Waals surface area (Å²) in [7, 11) is 1.68. The van der Waals surface area contributed by atoms with Gasteiger partial charge in [-0.15, -0.1) is 0 Å². The molecule has 0 aromatic heterocycles. The minimum atomic E-state index is -2.91. The molecule has 7 nitrogen and oxygen atoms in total. The van der Waals surface area contributed by atoms with Gasteiger partial charge in [-0.2, -0.15) is 8.78 Å². The number of hydrogen-bond acceptors (Lipinski definition) is 5. The van der Waals surface area contributed by atoms with Crippen molar-refractivity contribution in [2.45, 2.75) is 39.3 Å². The standard InChI is InChI=1S/C20H30F2N4O3/c1-14(12-26-6-4-3-5-7-26)10-24-20(23-2)25-11-15-8-17-18(28-13-27-17)9-16(15)29-19(21)22/h8-9,14,19H,3-7,10-13H2,1-2H3,(H2,23,24,25). The molecule has 1 unspecified atom stereocenters. The van der Waals surface area contributed by atoms with E-state index < -0.39 is 6.61 Å². The van der Waals surface area contributed by atoms with Gasteiger partial charge < -0.3 is 29.7 Å². The molecule has 1 atom stereocenters. The number of alkyl halides is 2. The molecule has 29 heavy (non-hydrogen) atoms. The molecular weight excluding hydrogens is 382 g/mol. The highest BCUT2D eigenvalue weighted by Gasteiger charge is 2.20. The van der Waals surface area contributed by atoms with Crippen LogP contribution in [0.4, 0.5) is 8.78 Å². The van der Waals surface area contributed by atoms with Gasteiger partial charge in [0.1, 0.15) is 5.75 Å². The molecule has 2 aliphatic rings. The predicted octanol–water partition coefficient (Wildman–Crippen LogP) is 2.80. The quantitative estimate of drug-likeness (QED) is 0.506. The van der Waals surface area contributed by atoms with E-state index in [0.717, 1.165) is 13.1 Å². The van der Waals surface area contributed by atoms with Crippen molar-refractivity contribution >= 4 is 5.96 Å². The Hall–Kier alpha value is -2.29. The van der Waals surface area contributed by atoms with E-state index in [1.54, 1.807) is 13.1 Å². The molecule has 0 spiro atoms. The number of rotatable bonds is 8. The zero-order chi connectivity index (χ0) is 20.6. The molecule has 1 saturated heterocycles. The Labute approximate surface area is 170 Å². The summed E-state index contributed by atoms with van der Waals surface area (Å²) < 4.78 is 40.8. The topological polar surface area (TPSA) is 67.4 Å².